The number of hydrogen-bond donors (Lipinski definition) is 2. The number of hydrogen-bond acceptors (Lipinski definition) is 2. The zero-order chi connectivity index (χ0) is 13.5. The summed E-state index contributed by atoms with van der Waals surface area (Å²) < 4.78 is 0. The Morgan fingerprint density at radius 1 is 0.895 bits per heavy atom. The maximum Gasteiger partial charge on any atom is 0.223 e. The molecule has 0 aromatic rings. The molecular formula is C16H30N2O. The van der Waals surface area contributed by atoms with Gasteiger partial charge in [-0.3, -0.25) is 4.79 Å². The number of rotatable bonds is 4. The van der Waals surface area contributed by atoms with E-state index < -0.39 is 0 Å². The van der Waals surface area contributed by atoms with Crippen LogP contribution in [0.15, 0.2) is 0 Å². The molecule has 1 amide bonds. The quantitative estimate of drug-likeness (QED) is 0.768. The van der Waals surface area contributed by atoms with Gasteiger partial charge in [-0.25, -0.2) is 0 Å². The van der Waals surface area contributed by atoms with Crippen molar-refractivity contribution < 1.29 is 4.79 Å². The third-order valence-electron chi connectivity index (χ3n) is 4.79. The van der Waals surface area contributed by atoms with E-state index in [-0.39, 0.29) is 0 Å². The lowest BCUT2D eigenvalue weighted by Crippen LogP contribution is -2.44. The molecule has 0 unspecified atom stereocenters. The first-order valence-corrected chi connectivity index (χ1v) is 8.33. The molecular weight excluding hydrogens is 236 g/mol. The molecule has 2 aliphatic rings. The second-order valence-corrected chi connectivity index (χ2v) is 6.30. The zero-order valence-corrected chi connectivity index (χ0v) is 12.4. The molecule has 3 nitrogen and oxygen atoms in total. The molecule has 0 aromatic carbocycles. The van der Waals surface area contributed by atoms with Crippen LogP contribution in [-0.2, 0) is 4.79 Å². The topological polar surface area (TPSA) is 41.1 Å². The van der Waals surface area contributed by atoms with E-state index in [1.54, 1.807) is 0 Å². The summed E-state index contributed by atoms with van der Waals surface area (Å²) in [6.45, 7) is 3.23. The summed E-state index contributed by atoms with van der Waals surface area (Å²) in [5, 5.41) is 6.83. The second-order valence-electron chi connectivity index (χ2n) is 6.30. The van der Waals surface area contributed by atoms with Crippen LogP contribution in [0.4, 0.5) is 0 Å². The van der Waals surface area contributed by atoms with Crippen molar-refractivity contribution in [3.05, 3.63) is 0 Å². The average Bonchev–Trinajstić information content (AvgIpc) is 2.70. The Labute approximate surface area is 117 Å². The molecule has 110 valence electrons. The van der Waals surface area contributed by atoms with Crippen molar-refractivity contribution in [3.8, 4) is 0 Å². The van der Waals surface area contributed by atoms with Crippen molar-refractivity contribution in [2.75, 3.05) is 6.54 Å². The van der Waals surface area contributed by atoms with Crippen molar-refractivity contribution in [2.24, 2.45) is 5.92 Å². The molecule has 0 saturated heterocycles. The summed E-state index contributed by atoms with van der Waals surface area (Å²) in [7, 11) is 0. The van der Waals surface area contributed by atoms with Crippen LogP contribution in [0.5, 0.6) is 0 Å². The van der Waals surface area contributed by atoms with E-state index >= 15 is 0 Å². The van der Waals surface area contributed by atoms with Crippen LogP contribution in [0, 0.1) is 5.92 Å². The Bertz CT molecular complexity index is 264. The Kier molecular flexibility index (Phi) is 6.15. The minimum absolute atomic E-state index is 0.300. The van der Waals surface area contributed by atoms with Gasteiger partial charge in [0.25, 0.3) is 0 Å². The van der Waals surface area contributed by atoms with E-state index in [1.165, 1.54) is 38.5 Å². The van der Waals surface area contributed by atoms with Crippen molar-refractivity contribution in [1.29, 1.82) is 0 Å². The molecule has 0 bridgehead atoms. The second kappa shape index (κ2) is 7.88. The normalized spacial score (nSPS) is 29.7. The third-order valence-corrected chi connectivity index (χ3v) is 4.79. The van der Waals surface area contributed by atoms with E-state index in [0.29, 0.717) is 23.9 Å². The van der Waals surface area contributed by atoms with Gasteiger partial charge in [-0.15, -0.1) is 0 Å². The molecule has 2 N–H and O–H groups in total. The highest BCUT2D eigenvalue weighted by atomic mass is 16.1. The van der Waals surface area contributed by atoms with Gasteiger partial charge in [-0.05, 0) is 45.1 Å². The van der Waals surface area contributed by atoms with Gasteiger partial charge in [-0.2, -0.15) is 0 Å². The summed E-state index contributed by atoms with van der Waals surface area (Å²) in [4.78, 5) is 12.3. The van der Waals surface area contributed by atoms with Gasteiger partial charge in [0.2, 0.25) is 5.91 Å². The van der Waals surface area contributed by atoms with Gasteiger partial charge in [-0.1, -0.05) is 32.6 Å². The van der Waals surface area contributed by atoms with Gasteiger partial charge in [0, 0.05) is 18.0 Å². The van der Waals surface area contributed by atoms with E-state index in [0.717, 1.165) is 32.2 Å². The van der Waals surface area contributed by atoms with Gasteiger partial charge in [0.1, 0.15) is 0 Å². The number of amides is 1. The minimum atomic E-state index is 0.300. The fraction of sp³-hybridized carbons (Fsp3) is 0.938. The first-order valence-electron chi connectivity index (χ1n) is 8.33. The van der Waals surface area contributed by atoms with E-state index in [4.69, 9.17) is 0 Å². The van der Waals surface area contributed by atoms with Crippen molar-refractivity contribution in [2.45, 2.75) is 83.2 Å². The molecule has 0 atom stereocenters. The lowest BCUT2D eigenvalue weighted by Gasteiger charge is -2.30. The Morgan fingerprint density at radius 2 is 1.47 bits per heavy atom. The van der Waals surface area contributed by atoms with E-state index in [1.807, 2.05) is 0 Å². The van der Waals surface area contributed by atoms with Crippen molar-refractivity contribution in [1.82, 2.24) is 10.6 Å². The molecule has 2 fully saturated rings. The van der Waals surface area contributed by atoms with Crippen molar-refractivity contribution in [3.63, 3.8) is 0 Å². The lowest BCUT2D eigenvalue weighted by molar-refractivity contribution is -0.126. The van der Waals surface area contributed by atoms with E-state index in [2.05, 4.69) is 17.6 Å². The van der Waals surface area contributed by atoms with Gasteiger partial charge in [0.15, 0.2) is 0 Å². The molecule has 2 saturated carbocycles. The Hall–Kier alpha value is -0.570. The molecule has 0 radical (unpaired) electrons. The fourth-order valence-electron chi connectivity index (χ4n) is 3.59. The van der Waals surface area contributed by atoms with Crippen LogP contribution in [0.2, 0.25) is 0 Å². The first-order chi connectivity index (χ1) is 9.29. The van der Waals surface area contributed by atoms with Crippen LogP contribution in [0.3, 0.4) is 0 Å². The maximum absolute atomic E-state index is 12.3. The molecule has 0 aromatic heterocycles. The summed E-state index contributed by atoms with van der Waals surface area (Å²) in [6.07, 6.45) is 12.1. The standard InChI is InChI=1S/C16H30N2O/c1-2-17-14-9-11-15(12-10-14)18-16(19)13-7-5-3-4-6-8-13/h13-15,17H,2-12H2,1H3,(H,18,19). The molecule has 2 rings (SSSR count). The van der Waals surface area contributed by atoms with Gasteiger partial charge < -0.3 is 10.6 Å². The van der Waals surface area contributed by atoms with E-state index in [9.17, 15) is 4.79 Å². The number of carbonyl (C=O) groups excluding carboxylic acids is 1. The zero-order valence-electron chi connectivity index (χ0n) is 12.4. The third kappa shape index (κ3) is 4.79. The Morgan fingerprint density at radius 3 is 2.05 bits per heavy atom. The highest BCUT2D eigenvalue weighted by Crippen LogP contribution is 2.24. The van der Waals surface area contributed by atoms with Gasteiger partial charge in [0.05, 0.1) is 0 Å². The molecule has 0 heterocycles. The first kappa shape index (κ1) is 14.8. The average molecular weight is 266 g/mol. The number of nitrogens with one attached hydrogen (secondary N) is 2. The molecule has 2 aliphatic carbocycles. The Balaban J connectivity index is 1.70. The maximum atomic E-state index is 12.3. The summed E-state index contributed by atoms with van der Waals surface area (Å²) in [5.41, 5.74) is 0. The van der Waals surface area contributed by atoms with Gasteiger partial charge >= 0.3 is 0 Å². The summed E-state index contributed by atoms with van der Waals surface area (Å²) >= 11 is 0. The number of carbonyl (C=O) groups is 1. The largest absolute Gasteiger partial charge is 0.353 e. The van der Waals surface area contributed by atoms with Crippen LogP contribution < -0.4 is 10.6 Å². The van der Waals surface area contributed by atoms with Crippen molar-refractivity contribution >= 4 is 5.91 Å². The monoisotopic (exact) mass is 266 g/mol. The summed E-state index contributed by atoms with van der Waals surface area (Å²) in [6, 6.07) is 1.11. The highest BCUT2D eigenvalue weighted by molar-refractivity contribution is 5.78. The highest BCUT2D eigenvalue weighted by Gasteiger charge is 2.25. The van der Waals surface area contributed by atoms with Crippen LogP contribution >= 0.6 is 0 Å². The lowest BCUT2D eigenvalue weighted by atomic mass is 9.90. The molecule has 0 aliphatic heterocycles. The molecule has 3 heteroatoms. The minimum Gasteiger partial charge on any atom is -0.353 e. The SMILES string of the molecule is CCNC1CCC(NC(=O)C2CCCCCC2)CC1. The summed E-state index contributed by atoms with van der Waals surface area (Å²) in [5.74, 6) is 0.641. The van der Waals surface area contributed by atoms with Crippen LogP contribution in [-0.4, -0.2) is 24.5 Å². The molecule has 0 spiro atoms. The fourth-order valence-corrected chi connectivity index (χ4v) is 3.59. The van der Waals surface area contributed by atoms with Crippen LogP contribution in [0.25, 0.3) is 0 Å². The molecule has 19 heavy (non-hydrogen) atoms. The predicted molar refractivity (Wildman–Crippen MR) is 79.1 cm³/mol. The van der Waals surface area contributed by atoms with Crippen LogP contribution in [0.1, 0.15) is 71.1 Å². The predicted octanol–water partition coefficient (Wildman–Crippen LogP) is 2.99. The smallest absolute Gasteiger partial charge is 0.223 e.